The number of aromatic nitrogens is 1. The van der Waals surface area contributed by atoms with Crippen LogP contribution in [0.15, 0.2) is 18.3 Å². The van der Waals surface area contributed by atoms with E-state index in [-0.39, 0.29) is 11.8 Å². The Morgan fingerprint density at radius 2 is 2.25 bits per heavy atom. The minimum Gasteiger partial charge on any atom is -0.366 e. The summed E-state index contributed by atoms with van der Waals surface area (Å²) in [6, 6.07) is 4.00. The second-order valence-electron chi connectivity index (χ2n) is 4.46. The molecule has 1 fully saturated rings. The van der Waals surface area contributed by atoms with E-state index in [1.165, 1.54) is 0 Å². The van der Waals surface area contributed by atoms with Crippen molar-refractivity contribution in [1.29, 1.82) is 0 Å². The molecule has 1 amide bonds. The number of hydrogen-bond acceptors (Lipinski definition) is 3. The first kappa shape index (κ1) is 10.9. The van der Waals surface area contributed by atoms with Crippen LogP contribution in [0.2, 0.25) is 0 Å². The van der Waals surface area contributed by atoms with Crippen LogP contribution in [0, 0.1) is 5.92 Å². The zero-order valence-electron chi connectivity index (χ0n) is 9.66. The molecule has 1 aromatic heterocycles. The normalized spacial score (nSPS) is 14.9. The van der Waals surface area contributed by atoms with Crippen LogP contribution < -0.4 is 10.6 Å². The SMILES string of the molecule is CC(C)Nc1ncccc1NC(=O)C1CC1. The maximum absolute atomic E-state index is 11.6. The fourth-order valence-electron chi connectivity index (χ4n) is 1.47. The van der Waals surface area contributed by atoms with Crippen molar-refractivity contribution in [3.05, 3.63) is 18.3 Å². The topological polar surface area (TPSA) is 54.0 Å². The lowest BCUT2D eigenvalue weighted by Gasteiger charge is -2.13. The van der Waals surface area contributed by atoms with E-state index in [0.29, 0.717) is 6.04 Å². The van der Waals surface area contributed by atoms with E-state index in [1.807, 2.05) is 26.0 Å². The average Bonchev–Trinajstić information content (AvgIpc) is 3.03. The first-order valence-electron chi connectivity index (χ1n) is 5.69. The number of pyridine rings is 1. The van der Waals surface area contributed by atoms with Gasteiger partial charge in [-0.25, -0.2) is 4.98 Å². The molecular weight excluding hydrogens is 202 g/mol. The highest BCUT2D eigenvalue weighted by atomic mass is 16.2. The Kier molecular flexibility index (Phi) is 3.08. The fourth-order valence-corrected chi connectivity index (χ4v) is 1.47. The summed E-state index contributed by atoms with van der Waals surface area (Å²) in [5.41, 5.74) is 0.771. The molecule has 0 radical (unpaired) electrons. The third-order valence-electron chi connectivity index (χ3n) is 2.44. The summed E-state index contributed by atoms with van der Waals surface area (Å²) in [4.78, 5) is 15.9. The second-order valence-corrected chi connectivity index (χ2v) is 4.46. The molecule has 0 aliphatic heterocycles. The monoisotopic (exact) mass is 219 g/mol. The Balaban J connectivity index is 2.08. The van der Waals surface area contributed by atoms with E-state index in [0.717, 1.165) is 24.3 Å². The molecule has 4 heteroatoms. The first-order valence-corrected chi connectivity index (χ1v) is 5.69. The lowest BCUT2D eigenvalue weighted by molar-refractivity contribution is -0.117. The molecule has 0 atom stereocenters. The number of hydrogen-bond donors (Lipinski definition) is 2. The quantitative estimate of drug-likeness (QED) is 0.816. The minimum absolute atomic E-state index is 0.111. The summed E-state index contributed by atoms with van der Waals surface area (Å²) >= 11 is 0. The Morgan fingerprint density at radius 1 is 1.50 bits per heavy atom. The van der Waals surface area contributed by atoms with E-state index in [2.05, 4.69) is 15.6 Å². The number of amides is 1. The summed E-state index contributed by atoms with van der Waals surface area (Å²) in [6.45, 7) is 4.09. The van der Waals surface area contributed by atoms with Gasteiger partial charge in [-0.15, -0.1) is 0 Å². The van der Waals surface area contributed by atoms with Crippen molar-refractivity contribution < 1.29 is 4.79 Å². The molecular formula is C12H17N3O. The zero-order valence-corrected chi connectivity index (χ0v) is 9.66. The largest absolute Gasteiger partial charge is 0.366 e. The molecule has 0 bridgehead atoms. The predicted octanol–water partition coefficient (Wildman–Crippen LogP) is 2.25. The average molecular weight is 219 g/mol. The van der Waals surface area contributed by atoms with E-state index in [1.54, 1.807) is 6.20 Å². The molecule has 0 saturated heterocycles. The van der Waals surface area contributed by atoms with Crippen molar-refractivity contribution in [3.8, 4) is 0 Å². The van der Waals surface area contributed by atoms with Crippen molar-refractivity contribution >= 4 is 17.4 Å². The molecule has 1 saturated carbocycles. The molecule has 1 heterocycles. The smallest absolute Gasteiger partial charge is 0.227 e. The number of anilines is 2. The van der Waals surface area contributed by atoms with Gasteiger partial charge in [-0.05, 0) is 38.8 Å². The van der Waals surface area contributed by atoms with Crippen LogP contribution in [0.3, 0.4) is 0 Å². The van der Waals surface area contributed by atoms with Gasteiger partial charge in [-0.1, -0.05) is 0 Å². The van der Waals surface area contributed by atoms with Crippen molar-refractivity contribution in [1.82, 2.24) is 4.98 Å². The minimum atomic E-state index is 0.111. The maximum Gasteiger partial charge on any atom is 0.227 e. The first-order chi connectivity index (χ1) is 7.66. The van der Waals surface area contributed by atoms with E-state index < -0.39 is 0 Å². The molecule has 2 rings (SSSR count). The van der Waals surface area contributed by atoms with E-state index in [4.69, 9.17) is 0 Å². The van der Waals surface area contributed by atoms with Crippen LogP contribution in [0.25, 0.3) is 0 Å². The summed E-state index contributed by atoms with van der Waals surface area (Å²) in [5.74, 6) is 1.07. The Labute approximate surface area is 95.5 Å². The Bertz CT molecular complexity index is 386. The third kappa shape index (κ3) is 2.72. The molecule has 1 aliphatic rings. The van der Waals surface area contributed by atoms with Crippen molar-refractivity contribution in [2.75, 3.05) is 10.6 Å². The van der Waals surface area contributed by atoms with Crippen LogP contribution in [0.5, 0.6) is 0 Å². The molecule has 1 aromatic rings. The van der Waals surface area contributed by atoms with Crippen LogP contribution in [0.4, 0.5) is 11.5 Å². The van der Waals surface area contributed by atoms with E-state index in [9.17, 15) is 4.79 Å². The standard InChI is InChI=1S/C12H17N3O/c1-8(2)14-11-10(4-3-7-13-11)15-12(16)9-5-6-9/h3-4,7-9H,5-6H2,1-2H3,(H,13,14)(H,15,16). The lowest BCUT2D eigenvalue weighted by Crippen LogP contribution is -2.17. The lowest BCUT2D eigenvalue weighted by atomic mass is 10.3. The molecule has 16 heavy (non-hydrogen) atoms. The van der Waals surface area contributed by atoms with Crippen molar-refractivity contribution in [2.24, 2.45) is 5.92 Å². The molecule has 0 aromatic carbocycles. The molecule has 1 aliphatic carbocycles. The van der Waals surface area contributed by atoms with Gasteiger partial charge in [0, 0.05) is 18.2 Å². The molecule has 0 spiro atoms. The van der Waals surface area contributed by atoms with Gasteiger partial charge >= 0.3 is 0 Å². The summed E-state index contributed by atoms with van der Waals surface area (Å²) in [6.07, 6.45) is 3.75. The van der Waals surface area contributed by atoms with E-state index >= 15 is 0 Å². The maximum atomic E-state index is 11.6. The highest BCUT2D eigenvalue weighted by Gasteiger charge is 2.30. The summed E-state index contributed by atoms with van der Waals surface area (Å²) in [5, 5.41) is 6.13. The van der Waals surface area contributed by atoms with Gasteiger partial charge in [0.15, 0.2) is 0 Å². The zero-order chi connectivity index (χ0) is 11.5. The van der Waals surface area contributed by atoms with Crippen LogP contribution in [0.1, 0.15) is 26.7 Å². The fraction of sp³-hybridized carbons (Fsp3) is 0.500. The van der Waals surface area contributed by atoms with Gasteiger partial charge in [-0.3, -0.25) is 4.79 Å². The molecule has 4 nitrogen and oxygen atoms in total. The van der Waals surface area contributed by atoms with Gasteiger partial charge in [-0.2, -0.15) is 0 Å². The van der Waals surface area contributed by atoms with Gasteiger partial charge < -0.3 is 10.6 Å². The third-order valence-corrected chi connectivity index (χ3v) is 2.44. The highest BCUT2D eigenvalue weighted by molar-refractivity contribution is 5.96. The van der Waals surface area contributed by atoms with Gasteiger partial charge in [0.25, 0.3) is 0 Å². The number of carbonyl (C=O) groups is 1. The number of carbonyl (C=O) groups excluding carboxylic acids is 1. The van der Waals surface area contributed by atoms with Crippen LogP contribution in [-0.2, 0) is 4.79 Å². The van der Waals surface area contributed by atoms with Crippen molar-refractivity contribution in [3.63, 3.8) is 0 Å². The number of nitrogens with one attached hydrogen (secondary N) is 2. The molecule has 2 N–H and O–H groups in total. The summed E-state index contributed by atoms with van der Waals surface area (Å²) < 4.78 is 0. The van der Waals surface area contributed by atoms with Gasteiger partial charge in [0.05, 0.1) is 5.69 Å². The number of rotatable bonds is 4. The summed E-state index contributed by atoms with van der Waals surface area (Å²) in [7, 11) is 0. The molecule has 86 valence electrons. The Morgan fingerprint density at radius 3 is 2.88 bits per heavy atom. The van der Waals surface area contributed by atoms with Crippen LogP contribution in [-0.4, -0.2) is 16.9 Å². The Hall–Kier alpha value is -1.58. The van der Waals surface area contributed by atoms with Gasteiger partial charge in [0.1, 0.15) is 5.82 Å². The molecule has 0 unspecified atom stereocenters. The van der Waals surface area contributed by atoms with Crippen LogP contribution >= 0.6 is 0 Å². The predicted molar refractivity (Wildman–Crippen MR) is 64.3 cm³/mol. The second kappa shape index (κ2) is 4.51. The van der Waals surface area contributed by atoms with Gasteiger partial charge in [0.2, 0.25) is 5.91 Å². The number of nitrogens with zero attached hydrogens (tertiary/aromatic N) is 1. The van der Waals surface area contributed by atoms with Crippen molar-refractivity contribution in [2.45, 2.75) is 32.7 Å². The highest BCUT2D eigenvalue weighted by Crippen LogP contribution is 2.31.